The number of nitrogens with two attached hydrogens (primary N) is 1. The first-order valence-corrected chi connectivity index (χ1v) is 6.72. The molecule has 1 unspecified atom stereocenters. The van der Waals surface area contributed by atoms with Crippen molar-refractivity contribution in [2.45, 2.75) is 25.3 Å². The molecule has 2 rings (SSSR count). The highest BCUT2D eigenvalue weighted by molar-refractivity contribution is 6.30. The molecular weight excluding hydrogens is 266 g/mol. The lowest BCUT2D eigenvalue weighted by Crippen LogP contribution is -2.48. The van der Waals surface area contributed by atoms with Gasteiger partial charge in [-0.15, -0.1) is 0 Å². The fraction of sp³-hybridized carbons (Fsp3) is 0.500. The van der Waals surface area contributed by atoms with Crippen molar-refractivity contribution >= 4 is 17.6 Å². The van der Waals surface area contributed by atoms with Gasteiger partial charge < -0.3 is 15.2 Å². The normalized spacial score (nSPS) is 17.7. The summed E-state index contributed by atoms with van der Waals surface area (Å²) in [5, 5.41) is 0.524. The molecule has 0 spiro atoms. The van der Waals surface area contributed by atoms with Crippen molar-refractivity contribution in [3.8, 4) is 5.75 Å². The maximum Gasteiger partial charge on any atom is 0.331 e. The van der Waals surface area contributed by atoms with Crippen molar-refractivity contribution in [2.24, 2.45) is 11.7 Å². The molecule has 0 radical (unpaired) electrons. The van der Waals surface area contributed by atoms with Gasteiger partial charge in [0.05, 0.1) is 13.7 Å². The van der Waals surface area contributed by atoms with Crippen molar-refractivity contribution < 1.29 is 14.3 Å². The standard InChI is InChI=1S/C14H18ClNO3/c1-3-19-13(17)14(16,9-4-5-9)11-8-10(15)6-7-12(11)18-2/h6-9H,3-5,16H2,1-2H3. The van der Waals surface area contributed by atoms with E-state index in [4.69, 9.17) is 26.8 Å². The molecule has 1 aromatic carbocycles. The summed E-state index contributed by atoms with van der Waals surface area (Å²) in [6.45, 7) is 2.06. The van der Waals surface area contributed by atoms with Crippen molar-refractivity contribution in [2.75, 3.05) is 13.7 Å². The summed E-state index contributed by atoms with van der Waals surface area (Å²) in [7, 11) is 1.55. The van der Waals surface area contributed by atoms with Crippen LogP contribution in [0.2, 0.25) is 5.02 Å². The van der Waals surface area contributed by atoms with Crippen LogP contribution in [0, 0.1) is 5.92 Å². The number of benzene rings is 1. The molecular formula is C14H18ClNO3. The first kappa shape index (κ1) is 14.2. The predicted molar refractivity (Wildman–Crippen MR) is 73.2 cm³/mol. The van der Waals surface area contributed by atoms with Crippen LogP contribution in [0.4, 0.5) is 0 Å². The number of halogens is 1. The quantitative estimate of drug-likeness (QED) is 0.843. The zero-order chi connectivity index (χ0) is 14.0. The van der Waals surface area contributed by atoms with Gasteiger partial charge in [0.25, 0.3) is 0 Å². The average Bonchev–Trinajstić information content (AvgIpc) is 3.22. The largest absolute Gasteiger partial charge is 0.496 e. The number of hydrogen-bond acceptors (Lipinski definition) is 4. The minimum absolute atomic E-state index is 0.0823. The van der Waals surface area contributed by atoms with Gasteiger partial charge in [-0.05, 0) is 43.9 Å². The molecule has 104 valence electrons. The SMILES string of the molecule is CCOC(=O)C(N)(c1cc(Cl)ccc1OC)C1CC1. The minimum Gasteiger partial charge on any atom is -0.496 e. The van der Waals surface area contributed by atoms with E-state index in [1.165, 1.54) is 0 Å². The molecule has 0 heterocycles. The van der Waals surface area contributed by atoms with Crippen LogP contribution in [-0.4, -0.2) is 19.7 Å². The Labute approximate surface area is 117 Å². The Hall–Kier alpha value is -1.26. The Morgan fingerprint density at radius 2 is 2.21 bits per heavy atom. The smallest absolute Gasteiger partial charge is 0.331 e. The number of esters is 1. The van der Waals surface area contributed by atoms with Gasteiger partial charge in [-0.1, -0.05) is 11.6 Å². The molecule has 0 aromatic heterocycles. The van der Waals surface area contributed by atoms with Crippen LogP contribution < -0.4 is 10.5 Å². The van der Waals surface area contributed by atoms with E-state index in [0.717, 1.165) is 12.8 Å². The van der Waals surface area contributed by atoms with Gasteiger partial charge in [-0.2, -0.15) is 0 Å². The molecule has 0 bridgehead atoms. The van der Waals surface area contributed by atoms with Gasteiger partial charge in [0.1, 0.15) is 11.3 Å². The number of carbonyl (C=O) groups excluding carboxylic acids is 1. The third-order valence-corrected chi connectivity index (χ3v) is 3.68. The Morgan fingerprint density at radius 1 is 1.53 bits per heavy atom. The first-order chi connectivity index (χ1) is 9.03. The highest BCUT2D eigenvalue weighted by Crippen LogP contribution is 2.47. The molecule has 19 heavy (non-hydrogen) atoms. The lowest BCUT2D eigenvalue weighted by Gasteiger charge is -2.29. The predicted octanol–water partition coefficient (Wildman–Crippen LogP) is 2.48. The van der Waals surface area contributed by atoms with Crippen molar-refractivity contribution in [1.82, 2.24) is 0 Å². The third-order valence-electron chi connectivity index (χ3n) is 3.44. The molecule has 1 fully saturated rings. The summed E-state index contributed by atoms with van der Waals surface area (Å²) in [5.74, 6) is 0.226. The number of hydrogen-bond donors (Lipinski definition) is 1. The molecule has 0 saturated heterocycles. The van der Waals surface area contributed by atoms with Gasteiger partial charge in [0, 0.05) is 10.6 Å². The zero-order valence-electron chi connectivity index (χ0n) is 11.1. The van der Waals surface area contributed by atoms with Crippen LogP contribution in [0.25, 0.3) is 0 Å². The highest BCUT2D eigenvalue weighted by Gasteiger charge is 2.52. The summed E-state index contributed by atoms with van der Waals surface area (Å²) < 4.78 is 10.4. The second-order valence-electron chi connectivity index (χ2n) is 4.71. The molecule has 0 aliphatic heterocycles. The summed E-state index contributed by atoms with van der Waals surface area (Å²) in [6.07, 6.45) is 1.82. The molecule has 1 aliphatic carbocycles. The van der Waals surface area contributed by atoms with Crippen LogP contribution in [0.3, 0.4) is 0 Å². The Balaban J connectivity index is 2.49. The van der Waals surface area contributed by atoms with Crippen LogP contribution in [0.15, 0.2) is 18.2 Å². The van der Waals surface area contributed by atoms with Crippen molar-refractivity contribution in [3.05, 3.63) is 28.8 Å². The summed E-state index contributed by atoms with van der Waals surface area (Å²) in [5.41, 5.74) is 5.81. The zero-order valence-corrected chi connectivity index (χ0v) is 11.9. The van der Waals surface area contributed by atoms with E-state index in [1.807, 2.05) is 0 Å². The Kier molecular flexibility index (Phi) is 4.02. The monoisotopic (exact) mass is 283 g/mol. The van der Waals surface area contributed by atoms with Gasteiger partial charge in [-0.25, -0.2) is 4.79 Å². The first-order valence-electron chi connectivity index (χ1n) is 6.34. The van der Waals surface area contributed by atoms with E-state index in [-0.39, 0.29) is 5.92 Å². The third kappa shape index (κ3) is 2.55. The van der Waals surface area contributed by atoms with Gasteiger partial charge in [-0.3, -0.25) is 0 Å². The lowest BCUT2D eigenvalue weighted by atomic mass is 9.85. The molecule has 1 atom stereocenters. The summed E-state index contributed by atoms with van der Waals surface area (Å²) >= 11 is 6.02. The number of carbonyl (C=O) groups is 1. The fourth-order valence-corrected chi connectivity index (χ4v) is 2.46. The van der Waals surface area contributed by atoms with E-state index in [0.29, 0.717) is 22.9 Å². The Morgan fingerprint density at radius 3 is 2.74 bits per heavy atom. The van der Waals surface area contributed by atoms with Crippen molar-refractivity contribution in [1.29, 1.82) is 0 Å². The van der Waals surface area contributed by atoms with Crippen LogP contribution in [-0.2, 0) is 15.1 Å². The van der Waals surface area contributed by atoms with E-state index in [1.54, 1.807) is 32.2 Å². The molecule has 1 aliphatic rings. The van der Waals surface area contributed by atoms with Crippen LogP contribution in [0.5, 0.6) is 5.75 Å². The second-order valence-corrected chi connectivity index (χ2v) is 5.14. The topological polar surface area (TPSA) is 61.5 Å². The molecule has 5 heteroatoms. The molecule has 1 saturated carbocycles. The van der Waals surface area contributed by atoms with Crippen molar-refractivity contribution in [3.63, 3.8) is 0 Å². The van der Waals surface area contributed by atoms with E-state index >= 15 is 0 Å². The molecule has 4 nitrogen and oxygen atoms in total. The van der Waals surface area contributed by atoms with Crippen LogP contribution in [0.1, 0.15) is 25.3 Å². The van der Waals surface area contributed by atoms with Gasteiger partial charge in [0.15, 0.2) is 0 Å². The highest BCUT2D eigenvalue weighted by atomic mass is 35.5. The van der Waals surface area contributed by atoms with E-state index in [9.17, 15) is 4.79 Å². The lowest BCUT2D eigenvalue weighted by molar-refractivity contribution is -0.151. The summed E-state index contributed by atoms with van der Waals surface area (Å²) in [6, 6.07) is 5.12. The molecule has 1 aromatic rings. The van der Waals surface area contributed by atoms with E-state index < -0.39 is 11.5 Å². The minimum atomic E-state index is -1.17. The average molecular weight is 284 g/mol. The molecule has 2 N–H and O–H groups in total. The fourth-order valence-electron chi connectivity index (χ4n) is 2.29. The number of methoxy groups -OCH3 is 1. The number of ether oxygens (including phenoxy) is 2. The maximum absolute atomic E-state index is 12.3. The Bertz CT molecular complexity index is 488. The second kappa shape index (κ2) is 5.39. The maximum atomic E-state index is 12.3. The van der Waals surface area contributed by atoms with E-state index in [2.05, 4.69) is 0 Å². The van der Waals surface area contributed by atoms with Crippen LogP contribution >= 0.6 is 11.6 Å². The van der Waals surface area contributed by atoms with Gasteiger partial charge in [0.2, 0.25) is 0 Å². The molecule has 0 amide bonds. The van der Waals surface area contributed by atoms with Gasteiger partial charge >= 0.3 is 5.97 Å². The number of rotatable bonds is 5. The summed E-state index contributed by atoms with van der Waals surface area (Å²) in [4.78, 5) is 12.3.